The van der Waals surface area contributed by atoms with E-state index in [0.29, 0.717) is 17.9 Å². The molecule has 1 aromatic rings. The molecule has 0 bridgehead atoms. The zero-order valence-corrected chi connectivity index (χ0v) is 14.9. The molecule has 1 atom stereocenters. The monoisotopic (exact) mass is 363 g/mol. The van der Waals surface area contributed by atoms with Crippen molar-refractivity contribution in [2.45, 2.75) is 50.6 Å². The van der Waals surface area contributed by atoms with Crippen LogP contribution in [-0.4, -0.2) is 34.8 Å². The molecule has 1 spiro atoms. The summed E-state index contributed by atoms with van der Waals surface area (Å²) in [6.07, 6.45) is 4.21. The Morgan fingerprint density at radius 1 is 1.24 bits per heavy atom. The predicted molar refractivity (Wildman–Crippen MR) is 94.1 cm³/mol. The van der Waals surface area contributed by atoms with Crippen molar-refractivity contribution in [1.82, 2.24) is 15.5 Å². The highest BCUT2D eigenvalue weighted by Crippen LogP contribution is 2.33. The highest BCUT2D eigenvalue weighted by atomic mass is 35.5. The van der Waals surface area contributed by atoms with Crippen molar-refractivity contribution >= 4 is 29.4 Å². The lowest BCUT2D eigenvalue weighted by Gasteiger charge is -2.30. The molecular weight excluding hydrogens is 342 g/mol. The molecule has 134 valence electrons. The Bertz CT molecular complexity index is 683. The van der Waals surface area contributed by atoms with Crippen molar-refractivity contribution in [3.63, 3.8) is 0 Å². The predicted octanol–water partition coefficient (Wildman–Crippen LogP) is 2.77. The maximum Gasteiger partial charge on any atom is 0.325 e. The fourth-order valence-corrected chi connectivity index (χ4v) is 3.71. The summed E-state index contributed by atoms with van der Waals surface area (Å²) in [5.41, 5.74) is 0.107. The number of imide groups is 1. The van der Waals surface area contributed by atoms with Gasteiger partial charge in [-0.2, -0.15) is 0 Å². The molecule has 1 aliphatic carbocycles. The van der Waals surface area contributed by atoms with Gasteiger partial charge in [-0.1, -0.05) is 43.0 Å². The number of carbonyl (C=O) groups is 3. The van der Waals surface area contributed by atoms with Crippen molar-refractivity contribution in [2.24, 2.45) is 0 Å². The summed E-state index contributed by atoms with van der Waals surface area (Å²) >= 11 is 5.86. The summed E-state index contributed by atoms with van der Waals surface area (Å²) < 4.78 is 0. The normalized spacial score (nSPS) is 20.5. The number of benzene rings is 1. The Labute approximate surface area is 151 Å². The second-order valence-corrected chi connectivity index (χ2v) is 7.24. The van der Waals surface area contributed by atoms with Crippen LogP contribution in [0.15, 0.2) is 24.3 Å². The van der Waals surface area contributed by atoms with E-state index in [1.54, 1.807) is 12.1 Å². The van der Waals surface area contributed by atoms with Crippen LogP contribution >= 0.6 is 11.6 Å². The van der Waals surface area contributed by atoms with E-state index in [4.69, 9.17) is 11.6 Å². The number of nitrogens with one attached hydrogen (secondary N) is 2. The van der Waals surface area contributed by atoms with Crippen molar-refractivity contribution < 1.29 is 14.4 Å². The molecule has 1 aromatic carbocycles. The van der Waals surface area contributed by atoms with Gasteiger partial charge in [-0.25, -0.2) is 4.79 Å². The highest BCUT2D eigenvalue weighted by Gasteiger charge is 2.51. The minimum atomic E-state index is -0.794. The van der Waals surface area contributed by atoms with Gasteiger partial charge < -0.3 is 10.6 Å². The molecule has 2 fully saturated rings. The number of hydrogen-bond acceptors (Lipinski definition) is 3. The van der Waals surface area contributed by atoms with Crippen LogP contribution in [0.3, 0.4) is 0 Å². The summed E-state index contributed by atoms with van der Waals surface area (Å²) in [7, 11) is 0. The second kappa shape index (κ2) is 7.04. The Kier molecular flexibility index (Phi) is 4.99. The second-order valence-electron chi connectivity index (χ2n) is 6.80. The van der Waals surface area contributed by atoms with Gasteiger partial charge in [-0.15, -0.1) is 0 Å². The Hall–Kier alpha value is -2.08. The average Bonchev–Trinajstić information content (AvgIpc) is 2.80. The van der Waals surface area contributed by atoms with Crippen LogP contribution in [0.1, 0.15) is 50.6 Å². The molecule has 1 heterocycles. The fourth-order valence-electron chi connectivity index (χ4n) is 3.58. The van der Waals surface area contributed by atoms with Crippen molar-refractivity contribution in [2.75, 3.05) is 6.54 Å². The average molecular weight is 364 g/mol. The van der Waals surface area contributed by atoms with Gasteiger partial charge in [0.2, 0.25) is 5.91 Å². The molecule has 2 N–H and O–H groups in total. The first-order valence-corrected chi connectivity index (χ1v) is 8.98. The molecular formula is C18H22ClN3O3. The maximum absolute atomic E-state index is 12.7. The molecule has 1 saturated carbocycles. The van der Waals surface area contributed by atoms with Gasteiger partial charge in [0.05, 0.1) is 6.04 Å². The quantitative estimate of drug-likeness (QED) is 0.807. The summed E-state index contributed by atoms with van der Waals surface area (Å²) in [4.78, 5) is 38.2. The maximum atomic E-state index is 12.7. The minimum absolute atomic E-state index is 0.242. The van der Waals surface area contributed by atoms with Crippen LogP contribution in [0.2, 0.25) is 5.02 Å². The van der Waals surface area contributed by atoms with E-state index < -0.39 is 11.6 Å². The summed E-state index contributed by atoms with van der Waals surface area (Å²) in [5, 5.41) is 6.25. The fraction of sp³-hybridized carbons (Fsp3) is 0.500. The number of rotatable bonds is 4. The molecule has 0 aromatic heterocycles. The van der Waals surface area contributed by atoms with E-state index in [9.17, 15) is 14.4 Å². The third kappa shape index (κ3) is 3.63. The third-order valence-corrected chi connectivity index (χ3v) is 5.25. The lowest BCUT2D eigenvalue weighted by atomic mass is 9.82. The van der Waals surface area contributed by atoms with Crippen LogP contribution in [0, 0.1) is 0 Å². The van der Waals surface area contributed by atoms with Gasteiger partial charge in [0, 0.05) is 5.02 Å². The molecule has 2 aliphatic rings. The van der Waals surface area contributed by atoms with Gasteiger partial charge in [-0.05, 0) is 37.5 Å². The standard InChI is InChI=1S/C18H22ClN3O3/c1-12(13-5-7-14(19)8-6-13)20-15(23)11-22-16(24)18(21-17(22)25)9-3-2-4-10-18/h5-8,12H,2-4,9-11H2,1H3,(H,20,23)(H,21,25)/t12-/m1/s1. The first kappa shape index (κ1) is 17.7. The van der Waals surface area contributed by atoms with Crippen molar-refractivity contribution in [3.05, 3.63) is 34.9 Å². The molecule has 0 unspecified atom stereocenters. The molecule has 1 saturated heterocycles. The van der Waals surface area contributed by atoms with Crippen molar-refractivity contribution in [3.8, 4) is 0 Å². The lowest BCUT2D eigenvalue weighted by molar-refractivity contribution is -0.136. The number of carbonyl (C=O) groups excluding carboxylic acids is 3. The highest BCUT2D eigenvalue weighted by molar-refractivity contribution is 6.30. The number of halogens is 1. The van der Waals surface area contributed by atoms with Gasteiger partial charge >= 0.3 is 6.03 Å². The number of urea groups is 1. The Morgan fingerprint density at radius 2 is 1.88 bits per heavy atom. The summed E-state index contributed by atoms with van der Waals surface area (Å²) in [6.45, 7) is 1.58. The van der Waals surface area contributed by atoms with E-state index in [0.717, 1.165) is 29.7 Å². The number of amides is 4. The van der Waals surface area contributed by atoms with Gasteiger partial charge in [0.1, 0.15) is 12.1 Å². The van der Waals surface area contributed by atoms with E-state index in [1.165, 1.54) is 0 Å². The van der Waals surface area contributed by atoms with E-state index >= 15 is 0 Å². The van der Waals surface area contributed by atoms with E-state index in [2.05, 4.69) is 10.6 Å². The van der Waals surface area contributed by atoms with Gasteiger partial charge in [0.25, 0.3) is 5.91 Å². The first-order chi connectivity index (χ1) is 11.9. The summed E-state index contributed by atoms with van der Waals surface area (Å²) in [5.74, 6) is -0.634. The smallest absolute Gasteiger partial charge is 0.325 e. The zero-order valence-electron chi connectivity index (χ0n) is 14.2. The number of hydrogen-bond donors (Lipinski definition) is 2. The summed E-state index contributed by atoms with van der Waals surface area (Å²) in [6, 6.07) is 6.46. The minimum Gasteiger partial charge on any atom is -0.348 e. The zero-order chi connectivity index (χ0) is 18.0. The van der Waals surface area contributed by atoms with E-state index in [1.807, 2.05) is 19.1 Å². The van der Waals surface area contributed by atoms with Crippen LogP contribution in [0.5, 0.6) is 0 Å². The Morgan fingerprint density at radius 3 is 2.52 bits per heavy atom. The Balaban J connectivity index is 1.61. The van der Waals surface area contributed by atoms with Gasteiger partial charge in [0.15, 0.2) is 0 Å². The van der Waals surface area contributed by atoms with Crippen LogP contribution in [-0.2, 0) is 9.59 Å². The first-order valence-electron chi connectivity index (χ1n) is 8.60. The van der Waals surface area contributed by atoms with Crippen LogP contribution < -0.4 is 10.6 Å². The molecule has 4 amide bonds. The van der Waals surface area contributed by atoms with Crippen molar-refractivity contribution in [1.29, 1.82) is 0 Å². The molecule has 25 heavy (non-hydrogen) atoms. The van der Waals surface area contributed by atoms with E-state index in [-0.39, 0.29) is 24.4 Å². The van der Waals surface area contributed by atoms with Gasteiger partial charge in [-0.3, -0.25) is 14.5 Å². The van der Waals surface area contributed by atoms with Crippen LogP contribution in [0.4, 0.5) is 4.79 Å². The largest absolute Gasteiger partial charge is 0.348 e. The topological polar surface area (TPSA) is 78.5 Å². The van der Waals surface area contributed by atoms with Crippen LogP contribution in [0.25, 0.3) is 0 Å². The molecule has 1 aliphatic heterocycles. The SMILES string of the molecule is C[C@@H](NC(=O)CN1C(=O)NC2(CCCCC2)C1=O)c1ccc(Cl)cc1. The number of nitrogens with zero attached hydrogens (tertiary/aromatic N) is 1. The molecule has 3 rings (SSSR count). The third-order valence-electron chi connectivity index (χ3n) is 5.00. The molecule has 6 nitrogen and oxygen atoms in total. The molecule has 7 heteroatoms. The molecule has 0 radical (unpaired) electrons. The lowest BCUT2D eigenvalue weighted by Crippen LogP contribution is -2.49.